The number of epoxide rings is 1. The van der Waals surface area contributed by atoms with Gasteiger partial charge in [0, 0.05) is 24.5 Å². The van der Waals surface area contributed by atoms with E-state index in [1.165, 1.54) is 6.08 Å². The molecule has 1 saturated heterocycles. The second-order valence-electron chi connectivity index (χ2n) is 6.97. The van der Waals surface area contributed by atoms with Crippen molar-refractivity contribution in [3.63, 3.8) is 0 Å². The Kier molecular flexibility index (Phi) is 6.07. The zero-order chi connectivity index (χ0) is 19.6. The van der Waals surface area contributed by atoms with Gasteiger partial charge in [-0.3, -0.25) is 4.79 Å². The maximum atomic E-state index is 12.8. The molecule has 2 heterocycles. The number of carbonyl (C=O) groups excluding carboxylic acids is 2. The summed E-state index contributed by atoms with van der Waals surface area (Å²) in [7, 11) is 0. The van der Waals surface area contributed by atoms with E-state index < -0.39 is 17.5 Å². The van der Waals surface area contributed by atoms with E-state index in [1.807, 2.05) is 6.92 Å². The van der Waals surface area contributed by atoms with Crippen LogP contribution in [0.1, 0.15) is 54.9 Å². The first kappa shape index (κ1) is 19.7. The number of rotatable bonds is 2. The van der Waals surface area contributed by atoms with Gasteiger partial charge in [0.25, 0.3) is 0 Å². The van der Waals surface area contributed by atoms with Crippen molar-refractivity contribution in [2.24, 2.45) is 0 Å². The lowest BCUT2D eigenvalue weighted by Gasteiger charge is -2.19. The van der Waals surface area contributed by atoms with E-state index in [0.29, 0.717) is 19.3 Å². The van der Waals surface area contributed by atoms with Gasteiger partial charge in [0.15, 0.2) is 5.78 Å². The van der Waals surface area contributed by atoms with Gasteiger partial charge in [-0.2, -0.15) is 0 Å². The summed E-state index contributed by atoms with van der Waals surface area (Å²) in [4.78, 5) is 25.0. The Labute approximate surface area is 162 Å². The minimum atomic E-state index is -0.756. The maximum Gasteiger partial charge on any atom is 0.342 e. The van der Waals surface area contributed by atoms with Crippen LogP contribution in [0.25, 0.3) is 0 Å². The number of cyclic esters (lactones) is 1. The minimum absolute atomic E-state index is 0.0397. The maximum absolute atomic E-state index is 12.8. The van der Waals surface area contributed by atoms with Crippen LogP contribution in [0, 0.1) is 0 Å². The molecule has 0 spiro atoms. The molecule has 0 aromatic heterocycles. The predicted molar refractivity (Wildman–Crippen MR) is 99.3 cm³/mol. The number of esters is 1. The molecule has 1 aromatic carbocycles. The van der Waals surface area contributed by atoms with Gasteiger partial charge in [-0.15, -0.1) is 0 Å². The zero-order valence-electron chi connectivity index (χ0n) is 15.1. The van der Waals surface area contributed by atoms with Gasteiger partial charge in [0.2, 0.25) is 0 Å². The Morgan fingerprint density at radius 3 is 2.74 bits per heavy atom. The van der Waals surface area contributed by atoms with Crippen molar-refractivity contribution in [2.45, 2.75) is 63.8 Å². The predicted octanol–water partition coefficient (Wildman–Crippen LogP) is 3.70. The Bertz CT molecular complexity index is 772. The van der Waals surface area contributed by atoms with Crippen molar-refractivity contribution in [1.29, 1.82) is 0 Å². The molecule has 3 atom stereocenters. The molecule has 7 heteroatoms. The van der Waals surface area contributed by atoms with Crippen molar-refractivity contribution in [3.05, 3.63) is 34.4 Å². The van der Waals surface area contributed by atoms with E-state index >= 15 is 0 Å². The van der Waals surface area contributed by atoms with Crippen molar-refractivity contribution in [2.75, 3.05) is 0 Å². The molecule has 0 saturated carbocycles. The van der Waals surface area contributed by atoms with Gasteiger partial charge in [-0.25, -0.2) is 4.79 Å². The molecule has 6 nitrogen and oxygen atoms in total. The lowest BCUT2D eigenvalue weighted by molar-refractivity contribution is -0.114. The number of benzene rings is 1. The van der Waals surface area contributed by atoms with Gasteiger partial charge in [0.05, 0.1) is 17.2 Å². The van der Waals surface area contributed by atoms with Crippen LogP contribution in [0.4, 0.5) is 0 Å². The third-order valence-electron chi connectivity index (χ3n) is 4.87. The number of aromatic hydroxyl groups is 2. The van der Waals surface area contributed by atoms with E-state index in [2.05, 4.69) is 0 Å². The van der Waals surface area contributed by atoms with Crippen LogP contribution in [0.5, 0.6) is 11.5 Å². The number of hydrogen-bond acceptors (Lipinski definition) is 6. The fourth-order valence-corrected chi connectivity index (χ4v) is 3.66. The highest BCUT2D eigenvalue weighted by molar-refractivity contribution is 6.33. The average molecular weight is 395 g/mol. The second-order valence-corrected chi connectivity index (χ2v) is 7.35. The summed E-state index contributed by atoms with van der Waals surface area (Å²) in [6.45, 7) is 1.99. The van der Waals surface area contributed by atoms with E-state index in [-0.39, 0.29) is 46.7 Å². The fraction of sp³-hybridized carbons (Fsp3) is 0.500. The molecule has 1 fully saturated rings. The lowest BCUT2D eigenvalue weighted by atomic mass is 9.99. The summed E-state index contributed by atoms with van der Waals surface area (Å²) < 4.78 is 11.3. The van der Waals surface area contributed by atoms with Gasteiger partial charge in [0.1, 0.15) is 23.2 Å². The van der Waals surface area contributed by atoms with Crippen LogP contribution in [-0.4, -0.2) is 40.3 Å². The van der Waals surface area contributed by atoms with Gasteiger partial charge >= 0.3 is 5.97 Å². The van der Waals surface area contributed by atoms with Gasteiger partial charge in [-0.1, -0.05) is 31.0 Å². The molecule has 0 radical (unpaired) electrons. The van der Waals surface area contributed by atoms with Gasteiger partial charge in [-0.05, 0) is 25.3 Å². The fourth-order valence-electron chi connectivity index (χ4n) is 3.44. The normalized spacial score (nSPS) is 25.9. The summed E-state index contributed by atoms with van der Waals surface area (Å²) in [6.07, 6.45) is 6.38. The molecule has 2 aliphatic rings. The van der Waals surface area contributed by atoms with E-state index in [0.717, 1.165) is 18.9 Å². The van der Waals surface area contributed by atoms with Crippen LogP contribution in [-0.2, 0) is 20.7 Å². The summed E-state index contributed by atoms with van der Waals surface area (Å²) in [5, 5.41) is 20.0. The number of hydrogen-bond donors (Lipinski definition) is 2. The number of halogens is 1. The first-order valence-electron chi connectivity index (χ1n) is 9.19. The third kappa shape index (κ3) is 4.62. The summed E-state index contributed by atoms with van der Waals surface area (Å²) in [6, 6.07) is 0.987. The highest BCUT2D eigenvalue weighted by Gasteiger charge is 2.40. The molecule has 0 aliphatic carbocycles. The van der Waals surface area contributed by atoms with E-state index in [4.69, 9.17) is 21.1 Å². The summed E-state index contributed by atoms with van der Waals surface area (Å²) >= 11 is 6.13. The largest absolute Gasteiger partial charge is 0.507 e. The van der Waals surface area contributed by atoms with E-state index in [1.54, 1.807) is 6.08 Å². The standard InChI is InChI=1S/C20H23ClO6/c1-2-5-12-9-17-16(27-17)7-4-3-6-11(22)8-13-18(20(25)26-12)14(23)10-15(24)19(13)21/h3,6,10,12,16-17,23-24H,2,4-5,7-9H2,1H3/t12-,16?,17?/m1/s1. The van der Waals surface area contributed by atoms with Crippen molar-refractivity contribution in [1.82, 2.24) is 0 Å². The topological polar surface area (TPSA) is 96.4 Å². The molecule has 2 N–H and O–H groups in total. The minimum Gasteiger partial charge on any atom is -0.507 e. The molecule has 0 bridgehead atoms. The van der Waals surface area contributed by atoms with Crippen LogP contribution >= 0.6 is 11.6 Å². The lowest BCUT2D eigenvalue weighted by Crippen LogP contribution is -2.22. The third-order valence-corrected chi connectivity index (χ3v) is 5.29. The molecule has 2 unspecified atom stereocenters. The number of ketones is 1. The molecule has 2 aliphatic heterocycles. The first-order valence-corrected chi connectivity index (χ1v) is 9.57. The summed E-state index contributed by atoms with van der Waals surface area (Å²) in [5.74, 6) is -1.89. The SMILES string of the molecule is CCC[C@@H]1CC2OC2CCC=CC(=O)Cc2c(Cl)c(O)cc(O)c2C(=O)O1. The molecule has 146 valence electrons. The zero-order valence-corrected chi connectivity index (χ0v) is 15.9. The molecule has 1 aromatic rings. The van der Waals surface area contributed by atoms with E-state index in [9.17, 15) is 19.8 Å². The number of phenolic OH excluding ortho intramolecular Hbond substituents is 2. The number of allylic oxidation sites excluding steroid dienone is 2. The quantitative estimate of drug-likeness (QED) is 0.586. The van der Waals surface area contributed by atoms with Gasteiger partial charge < -0.3 is 19.7 Å². The molecule has 27 heavy (non-hydrogen) atoms. The number of ether oxygens (including phenoxy) is 2. The van der Waals surface area contributed by atoms with Crippen molar-refractivity contribution in [3.8, 4) is 11.5 Å². The Balaban J connectivity index is 1.98. The monoisotopic (exact) mass is 394 g/mol. The second kappa shape index (κ2) is 8.31. The average Bonchev–Trinajstić information content (AvgIpc) is 3.33. The Morgan fingerprint density at radius 1 is 1.22 bits per heavy atom. The van der Waals surface area contributed by atoms with Crippen LogP contribution < -0.4 is 0 Å². The molecule has 3 rings (SSSR count). The number of fused-ring (bicyclic) bond motifs is 2. The molecular weight excluding hydrogens is 372 g/mol. The van der Waals surface area contributed by atoms with Crippen LogP contribution in [0.2, 0.25) is 5.02 Å². The van der Waals surface area contributed by atoms with Crippen molar-refractivity contribution < 1.29 is 29.3 Å². The number of phenols is 2. The Hall–Kier alpha value is -2.05. The van der Waals surface area contributed by atoms with Crippen LogP contribution in [0.3, 0.4) is 0 Å². The van der Waals surface area contributed by atoms with Crippen LogP contribution in [0.15, 0.2) is 18.2 Å². The summed E-state index contributed by atoms with van der Waals surface area (Å²) in [5.41, 5.74) is -0.104. The smallest absolute Gasteiger partial charge is 0.342 e. The molecular formula is C20H23ClO6. The Morgan fingerprint density at radius 2 is 2.00 bits per heavy atom. The highest BCUT2D eigenvalue weighted by Crippen LogP contribution is 2.38. The highest BCUT2D eigenvalue weighted by atomic mass is 35.5. The number of carbonyl (C=O) groups is 2. The first-order chi connectivity index (χ1) is 12.9. The molecule has 0 amide bonds. The van der Waals surface area contributed by atoms with Crippen molar-refractivity contribution >= 4 is 23.4 Å².